The van der Waals surface area contributed by atoms with Crippen LogP contribution in [0.25, 0.3) is 0 Å². The van der Waals surface area contributed by atoms with E-state index < -0.39 is 13.9 Å². The summed E-state index contributed by atoms with van der Waals surface area (Å²) in [4.78, 5) is 0. The van der Waals surface area contributed by atoms with Crippen molar-refractivity contribution in [2.75, 3.05) is 27.4 Å². The molecule has 7 nitrogen and oxygen atoms in total. The molecule has 2 unspecified atom stereocenters. The molecule has 0 aliphatic carbocycles. The molecule has 0 aromatic heterocycles. The van der Waals surface area contributed by atoms with E-state index in [-0.39, 0.29) is 17.6 Å². The van der Waals surface area contributed by atoms with E-state index in [1.54, 1.807) is 14.2 Å². The smallest absolute Gasteiger partial charge is 0.406 e. The monoisotopic (exact) mass is 376 g/mol. The van der Waals surface area contributed by atoms with E-state index in [0.717, 1.165) is 0 Å². The SMILES string of the molecule is C=C(CCNC(=C)[C@@H]1OP(=O)(N[C@H](C)C(C)OC)OCC1(C)C)OC. The van der Waals surface area contributed by atoms with Gasteiger partial charge in [-0.1, -0.05) is 27.0 Å². The minimum atomic E-state index is -3.46. The van der Waals surface area contributed by atoms with Gasteiger partial charge in [-0.3, -0.25) is 9.05 Å². The average molecular weight is 376 g/mol. The summed E-state index contributed by atoms with van der Waals surface area (Å²) in [6, 6.07) is -0.191. The van der Waals surface area contributed by atoms with Gasteiger partial charge in [-0.15, -0.1) is 0 Å². The van der Waals surface area contributed by atoms with Crippen molar-refractivity contribution in [1.29, 1.82) is 0 Å². The standard InChI is InChI=1S/C17H33N2O5P/c1-12(21-7)9-10-18-14(3)16-17(5,6)11-23-25(20,24-16)19-13(2)15(4)22-8/h13,15-16,18H,1,3,9-11H2,2,4-8H3,(H,19,20)/t13-,15?,16+,25?/m1/s1. The van der Waals surface area contributed by atoms with Crippen LogP contribution in [-0.2, 0) is 23.1 Å². The van der Waals surface area contributed by atoms with Crippen molar-refractivity contribution >= 4 is 7.75 Å². The lowest BCUT2D eigenvalue weighted by Gasteiger charge is -2.43. The van der Waals surface area contributed by atoms with Crippen molar-refractivity contribution in [3.05, 3.63) is 24.6 Å². The second kappa shape index (κ2) is 9.19. The summed E-state index contributed by atoms with van der Waals surface area (Å²) < 4.78 is 34.7. The van der Waals surface area contributed by atoms with Crippen molar-refractivity contribution in [2.45, 2.75) is 52.4 Å². The van der Waals surface area contributed by atoms with E-state index in [9.17, 15) is 4.57 Å². The Balaban J connectivity index is 2.74. The third-order valence-electron chi connectivity index (χ3n) is 4.36. The fourth-order valence-corrected chi connectivity index (χ4v) is 4.46. The summed E-state index contributed by atoms with van der Waals surface area (Å²) in [5.41, 5.74) is 0.292. The third-order valence-corrected chi connectivity index (χ3v) is 6.04. The summed E-state index contributed by atoms with van der Waals surface area (Å²) in [5.74, 6) is 0.683. The van der Waals surface area contributed by atoms with Crippen LogP contribution in [0.3, 0.4) is 0 Å². The highest BCUT2D eigenvalue weighted by atomic mass is 31.2. The van der Waals surface area contributed by atoms with Crippen LogP contribution in [0.5, 0.6) is 0 Å². The Hall–Kier alpha value is -0.850. The van der Waals surface area contributed by atoms with Crippen LogP contribution in [0.1, 0.15) is 34.1 Å². The predicted molar refractivity (Wildman–Crippen MR) is 99.2 cm³/mol. The molecule has 1 rings (SSSR count). The molecule has 2 N–H and O–H groups in total. The molecule has 25 heavy (non-hydrogen) atoms. The first-order valence-corrected chi connectivity index (χ1v) is 9.97. The lowest BCUT2D eigenvalue weighted by Crippen LogP contribution is -2.47. The van der Waals surface area contributed by atoms with Crippen LogP contribution in [-0.4, -0.2) is 45.6 Å². The first-order valence-electron chi connectivity index (χ1n) is 8.42. The third kappa shape index (κ3) is 6.42. The first-order chi connectivity index (χ1) is 11.5. The number of hydrogen-bond acceptors (Lipinski definition) is 6. The highest BCUT2D eigenvalue weighted by molar-refractivity contribution is 7.51. The van der Waals surface area contributed by atoms with Crippen molar-refractivity contribution in [2.24, 2.45) is 5.41 Å². The van der Waals surface area contributed by atoms with E-state index in [1.165, 1.54) is 0 Å². The number of methoxy groups -OCH3 is 2. The molecule has 8 heteroatoms. The van der Waals surface area contributed by atoms with Gasteiger partial charge in [-0.05, 0) is 13.8 Å². The Morgan fingerprint density at radius 1 is 1.36 bits per heavy atom. The Bertz CT molecular complexity index is 523. The zero-order valence-electron chi connectivity index (χ0n) is 16.3. The highest BCUT2D eigenvalue weighted by Gasteiger charge is 2.46. The maximum atomic E-state index is 13.0. The van der Waals surface area contributed by atoms with Gasteiger partial charge < -0.3 is 14.8 Å². The number of ether oxygens (including phenoxy) is 2. The molecule has 0 bridgehead atoms. The molecule has 0 saturated carbocycles. The van der Waals surface area contributed by atoms with Gasteiger partial charge in [0.05, 0.1) is 25.6 Å². The maximum Gasteiger partial charge on any atom is 0.406 e. The van der Waals surface area contributed by atoms with E-state index in [4.69, 9.17) is 18.5 Å². The van der Waals surface area contributed by atoms with E-state index in [2.05, 4.69) is 23.6 Å². The largest absolute Gasteiger partial charge is 0.502 e. The van der Waals surface area contributed by atoms with Crippen molar-refractivity contribution in [3.8, 4) is 0 Å². The van der Waals surface area contributed by atoms with Crippen LogP contribution in [0.2, 0.25) is 0 Å². The van der Waals surface area contributed by atoms with Gasteiger partial charge in [0.15, 0.2) is 0 Å². The molecule has 1 aliphatic heterocycles. The highest BCUT2D eigenvalue weighted by Crippen LogP contribution is 2.54. The Morgan fingerprint density at radius 3 is 2.56 bits per heavy atom. The predicted octanol–water partition coefficient (Wildman–Crippen LogP) is 3.20. The molecule has 1 fully saturated rings. The van der Waals surface area contributed by atoms with Gasteiger partial charge >= 0.3 is 7.75 Å². The van der Waals surface area contributed by atoms with Crippen LogP contribution in [0, 0.1) is 5.41 Å². The lowest BCUT2D eigenvalue weighted by molar-refractivity contribution is -0.0151. The zero-order valence-corrected chi connectivity index (χ0v) is 17.2. The quantitative estimate of drug-likeness (QED) is 0.448. The van der Waals surface area contributed by atoms with E-state index in [1.807, 2.05) is 27.7 Å². The van der Waals surface area contributed by atoms with Crippen molar-refractivity contribution < 1.29 is 23.1 Å². The fraction of sp³-hybridized carbons (Fsp3) is 0.765. The number of hydrogen-bond donors (Lipinski definition) is 2. The molecule has 0 spiro atoms. The molecule has 1 aliphatic rings. The summed E-state index contributed by atoms with van der Waals surface area (Å²) in [6.07, 6.45) is 0.0607. The maximum absolute atomic E-state index is 13.0. The van der Waals surface area contributed by atoms with Crippen LogP contribution >= 0.6 is 7.75 Å². The zero-order chi connectivity index (χ0) is 19.3. The topological polar surface area (TPSA) is 78.1 Å². The summed E-state index contributed by atoms with van der Waals surface area (Å²) >= 11 is 0. The first kappa shape index (κ1) is 22.2. The van der Waals surface area contributed by atoms with Crippen LogP contribution < -0.4 is 10.4 Å². The van der Waals surface area contributed by atoms with E-state index >= 15 is 0 Å². The van der Waals surface area contributed by atoms with Crippen molar-refractivity contribution in [3.63, 3.8) is 0 Å². The average Bonchev–Trinajstić information content (AvgIpc) is 2.56. The normalized spacial score (nSPS) is 28.0. The Labute approximate surface area is 151 Å². The number of nitrogens with one attached hydrogen (secondary N) is 2. The van der Waals surface area contributed by atoms with Gasteiger partial charge in [-0.2, -0.15) is 0 Å². The molecule has 4 atom stereocenters. The fourth-order valence-electron chi connectivity index (χ4n) is 2.36. The molecule has 146 valence electrons. The molecular formula is C17H33N2O5P. The molecular weight excluding hydrogens is 343 g/mol. The minimum absolute atomic E-state index is 0.132. The second-order valence-electron chi connectivity index (χ2n) is 7.05. The second-order valence-corrected chi connectivity index (χ2v) is 8.77. The summed E-state index contributed by atoms with van der Waals surface area (Å²) in [6.45, 7) is 16.5. The molecule has 1 saturated heterocycles. The Morgan fingerprint density at radius 2 is 2.00 bits per heavy atom. The molecule has 0 radical (unpaired) electrons. The minimum Gasteiger partial charge on any atom is -0.502 e. The van der Waals surface area contributed by atoms with E-state index in [0.29, 0.717) is 31.0 Å². The molecule has 0 amide bonds. The lowest BCUT2D eigenvalue weighted by atomic mass is 9.86. The molecule has 1 heterocycles. The Kier molecular flexibility index (Phi) is 8.16. The van der Waals surface area contributed by atoms with Crippen LogP contribution in [0.15, 0.2) is 24.6 Å². The van der Waals surface area contributed by atoms with Gasteiger partial charge in [0.25, 0.3) is 0 Å². The van der Waals surface area contributed by atoms with Gasteiger partial charge in [0.2, 0.25) is 0 Å². The van der Waals surface area contributed by atoms with Crippen molar-refractivity contribution in [1.82, 2.24) is 10.4 Å². The molecule has 0 aromatic rings. The summed E-state index contributed by atoms with van der Waals surface area (Å²) in [5, 5.41) is 6.14. The van der Waals surface area contributed by atoms with Gasteiger partial charge in [0, 0.05) is 37.2 Å². The van der Waals surface area contributed by atoms with Gasteiger partial charge in [0.1, 0.15) is 6.10 Å². The van der Waals surface area contributed by atoms with Gasteiger partial charge in [-0.25, -0.2) is 9.65 Å². The van der Waals surface area contributed by atoms with Crippen LogP contribution in [0.4, 0.5) is 0 Å². The summed E-state index contributed by atoms with van der Waals surface area (Å²) in [7, 11) is -0.263. The number of rotatable bonds is 10. The molecule has 0 aromatic carbocycles.